The van der Waals surface area contributed by atoms with Crippen LogP contribution in [0.2, 0.25) is 0 Å². The first-order chi connectivity index (χ1) is 11.5. The molecule has 0 saturated heterocycles. The molecule has 0 fully saturated rings. The van der Waals surface area contributed by atoms with E-state index in [1.54, 1.807) is 41.5 Å². The quantitative estimate of drug-likeness (QED) is 0.367. The maximum Gasteiger partial charge on any atom is 4.00 e. The van der Waals surface area contributed by atoms with Gasteiger partial charge in [-0.3, -0.25) is 9.59 Å². The van der Waals surface area contributed by atoms with Crippen molar-refractivity contribution in [2.45, 2.75) is 55.4 Å². The molecule has 2 unspecified atom stereocenters. The number of hydrogen-bond acceptors (Lipinski definition) is 8. The average molecular weight is 424 g/mol. The summed E-state index contributed by atoms with van der Waals surface area (Å²) in [5.74, 6) is -5.27. The number of ketones is 2. The van der Waals surface area contributed by atoms with E-state index in [2.05, 4.69) is 0 Å². The van der Waals surface area contributed by atoms with Gasteiger partial charge in [0.25, 0.3) is 0 Å². The van der Waals surface area contributed by atoms with Gasteiger partial charge in [0, 0.05) is 0 Å². The summed E-state index contributed by atoms with van der Waals surface area (Å²) in [5, 5.41) is 37.4. The van der Waals surface area contributed by atoms with Crippen molar-refractivity contribution < 1.29 is 61.3 Å². The second-order valence-corrected chi connectivity index (χ2v) is 7.46. The number of aliphatic carboxylic acids is 2. The van der Waals surface area contributed by atoms with Crippen molar-refractivity contribution in [1.29, 1.82) is 0 Å². The molecule has 0 radical (unpaired) electrons. The summed E-state index contributed by atoms with van der Waals surface area (Å²) in [6.07, 6.45) is 0. The van der Waals surface area contributed by atoms with Crippen molar-refractivity contribution in [2.24, 2.45) is 22.7 Å². The zero-order valence-electron chi connectivity index (χ0n) is 17.9. The van der Waals surface area contributed by atoms with Gasteiger partial charge in [0.05, 0.1) is 23.8 Å². The van der Waals surface area contributed by atoms with Gasteiger partial charge in [0.15, 0.2) is 0 Å². The Kier molecular flexibility index (Phi) is 23.2. The monoisotopic (exact) mass is 424 g/mol. The van der Waals surface area contributed by atoms with E-state index >= 15 is 0 Å². The number of Topliss-reactive ketones (excluding diaryl/α,β-unsaturated/α-hetero) is 2. The summed E-state index contributed by atoms with van der Waals surface area (Å²) in [7, 11) is 1.50. The topological polar surface area (TPSA) is 161 Å². The maximum absolute atomic E-state index is 10.8. The summed E-state index contributed by atoms with van der Waals surface area (Å²) in [5.41, 5.74) is -1.10. The van der Waals surface area contributed by atoms with Crippen LogP contribution in [0, 0.1) is 22.7 Å². The zero-order chi connectivity index (χ0) is 22.5. The van der Waals surface area contributed by atoms with E-state index in [-0.39, 0.29) is 33.3 Å². The van der Waals surface area contributed by atoms with Gasteiger partial charge in [0.1, 0.15) is 11.6 Å². The van der Waals surface area contributed by atoms with Crippen LogP contribution in [0.15, 0.2) is 0 Å². The van der Waals surface area contributed by atoms with Crippen molar-refractivity contribution in [1.82, 2.24) is 0 Å². The minimum absolute atomic E-state index is 0. The van der Waals surface area contributed by atoms with Crippen molar-refractivity contribution >= 4 is 23.5 Å². The molecular weight excluding hydrogens is 392 g/mol. The minimum atomic E-state index is -1.29. The van der Waals surface area contributed by atoms with Crippen LogP contribution in [0.5, 0.6) is 0 Å². The first kappa shape index (κ1) is 36.8. The van der Waals surface area contributed by atoms with E-state index in [9.17, 15) is 29.4 Å². The molecule has 9 heteroatoms. The Bertz CT molecular complexity index is 377. The van der Waals surface area contributed by atoms with Crippen molar-refractivity contribution in [3.05, 3.63) is 0 Å². The molecule has 8 nitrogen and oxygen atoms in total. The van der Waals surface area contributed by atoms with Crippen molar-refractivity contribution in [3.8, 4) is 0 Å². The summed E-state index contributed by atoms with van der Waals surface area (Å²) in [6.45, 7) is 12.8. The van der Waals surface area contributed by atoms with E-state index < -0.39 is 34.6 Å². The number of carboxylic acid groups (broad SMARTS) is 2. The maximum atomic E-state index is 10.8. The summed E-state index contributed by atoms with van der Waals surface area (Å²) in [6, 6.07) is 0. The van der Waals surface area contributed by atoms with Crippen molar-refractivity contribution in [2.75, 3.05) is 14.2 Å². The molecule has 0 aliphatic rings. The molecule has 0 heterocycles. The molecule has 0 aromatic rings. The Labute approximate surface area is 177 Å². The first-order valence-electron chi connectivity index (χ1n) is 7.77. The van der Waals surface area contributed by atoms with Crippen LogP contribution in [-0.2, 0) is 40.9 Å². The number of carbonyl (C=O) groups is 4. The van der Waals surface area contributed by atoms with Crippen LogP contribution in [0.3, 0.4) is 0 Å². The molecule has 0 aliphatic heterocycles. The fraction of sp³-hybridized carbons (Fsp3) is 0.778. The third-order valence-corrected chi connectivity index (χ3v) is 3.02. The predicted molar refractivity (Wildman–Crippen MR) is 89.1 cm³/mol. The van der Waals surface area contributed by atoms with Gasteiger partial charge < -0.3 is 30.0 Å². The third-order valence-electron chi connectivity index (χ3n) is 3.02. The fourth-order valence-electron chi connectivity index (χ4n) is 2.26. The largest absolute Gasteiger partial charge is 4.00 e. The number of carboxylic acids is 2. The van der Waals surface area contributed by atoms with Gasteiger partial charge in [-0.15, -0.1) is 0 Å². The molecule has 0 spiro atoms. The second-order valence-electron chi connectivity index (χ2n) is 7.46. The van der Waals surface area contributed by atoms with Gasteiger partial charge in [-0.05, 0) is 24.7 Å². The van der Waals surface area contributed by atoms with Crippen molar-refractivity contribution in [3.63, 3.8) is 0 Å². The smallest absolute Gasteiger partial charge is 0.857 e. The Morgan fingerprint density at radius 3 is 0.741 bits per heavy atom. The van der Waals surface area contributed by atoms with E-state index in [4.69, 9.17) is 10.2 Å². The van der Waals surface area contributed by atoms with E-state index in [1.807, 2.05) is 0 Å². The van der Waals surface area contributed by atoms with E-state index in [0.717, 1.165) is 14.2 Å². The van der Waals surface area contributed by atoms with Gasteiger partial charge in [-0.1, -0.05) is 41.5 Å². The molecule has 27 heavy (non-hydrogen) atoms. The molecule has 0 saturated carbocycles. The Morgan fingerprint density at radius 1 is 0.593 bits per heavy atom. The van der Waals surface area contributed by atoms with Gasteiger partial charge in [-0.2, -0.15) is 14.2 Å². The summed E-state index contributed by atoms with van der Waals surface area (Å²) >= 11 is 0. The average Bonchev–Trinajstić information content (AvgIpc) is 2.38. The number of rotatable bonds is 4. The Morgan fingerprint density at radius 2 is 0.741 bits per heavy atom. The predicted octanol–water partition coefficient (Wildman–Crippen LogP) is -2.07. The molecule has 0 N–H and O–H groups in total. The molecule has 0 aliphatic carbocycles. The van der Waals surface area contributed by atoms with Crippen LogP contribution >= 0.6 is 0 Å². The second kappa shape index (κ2) is 17.0. The molecule has 0 bridgehead atoms. The first-order valence-corrected chi connectivity index (χ1v) is 7.77. The molecule has 0 rings (SSSR count). The zero-order valence-corrected chi connectivity index (χ0v) is 19.5. The van der Waals surface area contributed by atoms with Crippen LogP contribution in [0.4, 0.5) is 0 Å². The van der Waals surface area contributed by atoms with Crippen LogP contribution in [0.25, 0.3) is 0 Å². The molecule has 2 atom stereocenters. The summed E-state index contributed by atoms with van der Waals surface area (Å²) in [4.78, 5) is 42.5. The summed E-state index contributed by atoms with van der Waals surface area (Å²) < 4.78 is 0. The SMILES string of the molecule is CC(=O)C(C(=O)[O-])C(C)(C)C.CC(=O)C(C(=O)[O-])C(C)(C)C.C[O-].C[O-].[Ti+4]. The van der Waals surface area contributed by atoms with E-state index in [1.165, 1.54) is 13.8 Å². The Hall–Kier alpha value is -1.09. The van der Waals surface area contributed by atoms with Crippen LogP contribution in [-0.4, -0.2) is 37.7 Å². The van der Waals surface area contributed by atoms with Gasteiger partial charge in [-0.25, -0.2) is 0 Å². The van der Waals surface area contributed by atoms with Gasteiger partial charge >= 0.3 is 21.7 Å². The number of hydrogen-bond donors (Lipinski definition) is 0. The molecule has 0 aromatic carbocycles. The van der Waals surface area contributed by atoms with Crippen LogP contribution in [0.1, 0.15) is 55.4 Å². The molecule has 156 valence electrons. The van der Waals surface area contributed by atoms with Crippen LogP contribution < -0.4 is 20.4 Å². The molecular formula is C18H32O8Ti. The minimum Gasteiger partial charge on any atom is -0.857 e. The van der Waals surface area contributed by atoms with E-state index in [0.29, 0.717) is 0 Å². The molecule has 0 amide bonds. The number of carbonyl (C=O) groups excluding carboxylic acids is 4. The molecule has 0 aromatic heterocycles. The normalized spacial score (nSPS) is 12.0. The van der Waals surface area contributed by atoms with Gasteiger partial charge in [0.2, 0.25) is 0 Å². The third kappa shape index (κ3) is 18.1. The fourth-order valence-corrected chi connectivity index (χ4v) is 2.26. The standard InChI is InChI=1S/2C8H14O3.2CH3O.Ti/c2*1-5(9)6(7(10)11)8(2,3)4;2*1-2;/h2*6H,1-4H3,(H,10,11);2*1H3;/q;;2*-1;+4/p-2. The Balaban J connectivity index is -0.0000000975.